The SMILES string of the molecule is [CH2]C(C)C(C)CCCCCCCCCC. The molecule has 0 aromatic carbocycles. The molecule has 0 nitrogen and oxygen atoms in total. The Balaban J connectivity index is 3.05. The molecule has 0 N–H and O–H groups in total. The molecule has 0 saturated carbocycles. The van der Waals surface area contributed by atoms with Crippen molar-refractivity contribution in [2.75, 3.05) is 0 Å². The van der Waals surface area contributed by atoms with Crippen molar-refractivity contribution in [3.63, 3.8) is 0 Å². The molecule has 0 rings (SSSR count). The van der Waals surface area contributed by atoms with E-state index in [2.05, 4.69) is 27.7 Å². The van der Waals surface area contributed by atoms with Crippen LogP contribution in [0.1, 0.15) is 78.6 Å². The zero-order valence-corrected chi connectivity index (χ0v) is 11.2. The molecule has 0 spiro atoms. The molecule has 1 radical (unpaired) electrons. The van der Waals surface area contributed by atoms with Crippen molar-refractivity contribution in [2.45, 2.75) is 78.6 Å². The predicted molar refractivity (Wildman–Crippen MR) is 70.9 cm³/mol. The first kappa shape index (κ1) is 15.0. The van der Waals surface area contributed by atoms with Gasteiger partial charge in [-0.3, -0.25) is 0 Å². The van der Waals surface area contributed by atoms with Gasteiger partial charge in [0.1, 0.15) is 0 Å². The first-order valence-corrected chi connectivity index (χ1v) is 7.01. The van der Waals surface area contributed by atoms with Crippen LogP contribution in [0, 0.1) is 18.8 Å². The van der Waals surface area contributed by atoms with Crippen LogP contribution in [-0.4, -0.2) is 0 Å². The van der Waals surface area contributed by atoms with Crippen molar-refractivity contribution in [3.05, 3.63) is 6.92 Å². The van der Waals surface area contributed by atoms with Crippen molar-refractivity contribution >= 4 is 0 Å². The van der Waals surface area contributed by atoms with Gasteiger partial charge >= 0.3 is 0 Å². The summed E-state index contributed by atoms with van der Waals surface area (Å²) in [6, 6.07) is 0. The number of unbranched alkanes of at least 4 members (excludes halogenated alkanes) is 7. The van der Waals surface area contributed by atoms with Gasteiger partial charge in [-0.05, 0) is 11.8 Å². The molecule has 0 fully saturated rings. The number of hydrogen-bond acceptors (Lipinski definition) is 0. The van der Waals surface area contributed by atoms with Crippen LogP contribution in [0.2, 0.25) is 0 Å². The molecular weight excluding hydrogens is 180 g/mol. The van der Waals surface area contributed by atoms with E-state index in [9.17, 15) is 0 Å². The van der Waals surface area contributed by atoms with Crippen LogP contribution >= 0.6 is 0 Å². The Hall–Kier alpha value is 0. The van der Waals surface area contributed by atoms with E-state index in [1.165, 1.54) is 57.8 Å². The molecule has 2 atom stereocenters. The van der Waals surface area contributed by atoms with E-state index in [-0.39, 0.29) is 0 Å². The summed E-state index contributed by atoms with van der Waals surface area (Å²) in [5.74, 6) is 1.43. The van der Waals surface area contributed by atoms with Gasteiger partial charge in [-0.25, -0.2) is 0 Å². The fourth-order valence-corrected chi connectivity index (χ4v) is 1.88. The molecule has 0 aliphatic carbocycles. The molecule has 0 aromatic heterocycles. The molecule has 0 aliphatic rings. The summed E-state index contributed by atoms with van der Waals surface area (Å²) in [7, 11) is 0. The van der Waals surface area contributed by atoms with E-state index < -0.39 is 0 Å². The average molecular weight is 211 g/mol. The minimum Gasteiger partial charge on any atom is -0.0654 e. The van der Waals surface area contributed by atoms with Crippen molar-refractivity contribution in [3.8, 4) is 0 Å². The van der Waals surface area contributed by atoms with Crippen LogP contribution in [0.15, 0.2) is 0 Å². The largest absolute Gasteiger partial charge is 0.0654 e. The van der Waals surface area contributed by atoms with Crippen molar-refractivity contribution in [1.29, 1.82) is 0 Å². The van der Waals surface area contributed by atoms with Gasteiger partial charge in [-0.1, -0.05) is 85.5 Å². The van der Waals surface area contributed by atoms with E-state index >= 15 is 0 Å². The van der Waals surface area contributed by atoms with Gasteiger partial charge in [0.2, 0.25) is 0 Å². The molecule has 0 bridgehead atoms. The average Bonchev–Trinajstić information content (AvgIpc) is 2.21. The van der Waals surface area contributed by atoms with Gasteiger partial charge in [0, 0.05) is 0 Å². The molecule has 0 saturated heterocycles. The Bertz CT molecular complexity index is 115. The van der Waals surface area contributed by atoms with Crippen LogP contribution < -0.4 is 0 Å². The van der Waals surface area contributed by atoms with Crippen molar-refractivity contribution in [2.24, 2.45) is 11.8 Å². The normalized spacial score (nSPS) is 13.4. The van der Waals surface area contributed by atoms with Gasteiger partial charge in [-0.2, -0.15) is 0 Å². The second kappa shape index (κ2) is 10.5. The van der Waals surface area contributed by atoms with Gasteiger partial charge < -0.3 is 0 Å². The molecule has 0 aromatic rings. The number of hydrogen-bond donors (Lipinski definition) is 0. The Morgan fingerprint density at radius 2 is 1.27 bits per heavy atom. The summed E-state index contributed by atoms with van der Waals surface area (Å²) in [4.78, 5) is 0. The monoisotopic (exact) mass is 211 g/mol. The molecule has 0 amide bonds. The Morgan fingerprint density at radius 3 is 1.73 bits per heavy atom. The van der Waals surface area contributed by atoms with Crippen LogP contribution in [0.4, 0.5) is 0 Å². The van der Waals surface area contributed by atoms with Crippen LogP contribution in [0.25, 0.3) is 0 Å². The fraction of sp³-hybridized carbons (Fsp3) is 0.933. The molecule has 0 aliphatic heterocycles. The third-order valence-electron chi connectivity index (χ3n) is 3.48. The van der Waals surface area contributed by atoms with Crippen LogP contribution in [-0.2, 0) is 0 Å². The standard InChI is InChI=1S/C15H31/c1-5-6-7-8-9-10-11-12-13-15(4)14(2)3/h14-15H,2,5-13H2,1,3-4H3. The Labute approximate surface area is 97.8 Å². The zero-order valence-electron chi connectivity index (χ0n) is 11.2. The van der Waals surface area contributed by atoms with Crippen LogP contribution in [0.5, 0.6) is 0 Å². The molecule has 0 heterocycles. The second-order valence-corrected chi connectivity index (χ2v) is 5.22. The highest BCUT2D eigenvalue weighted by molar-refractivity contribution is 4.63. The third kappa shape index (κ3) is 10.3. The summed E-state index contributed by atoms with van der Waals surface area (Å²) in [6.45, 7) is 10.9. The van der Waals surface area contributed by atoms with Gasteiger partial charge in [0.15, 0.2) is 0 Å². The van der Waals surface area contributed by atoms with Crippen molar-refractivity contribution in [1.82, 2.24) is 0 Å². The number of rotatable bonds is 10. The summed E-state index contributed by atoms with van der Waals surface area (Å²) in [5, 5.41) is 0. The molecule has 2 unspecified atom stereocenters. The minimum atomic E-state index is 0.620. The van der Waals surface area contributed by atoms with Crippen LogP contribution in [0.3, 0.4) is 0 Å². The lowest BCUT2D eigenvalue weighted by Crippen LogP contribution is -2.03. The minimum absolute atomic E-state index is 0.620. The summed E-state index contributed by atoms with van der Waals surface area (Å²) in [6.07, 6.45) is 12.8. The van der Waals surface area contributed by atoms with E-state index in [1.807, 2.05) is 0 Å². The zero-order chi connectivity index (χ0) is 11.5. The lowest BCUT2D eigenvalue weighted by molar-refractivity contribution is 0.402. The highest BCUT2D eigenvalue weighted by atomic mass is 14.1. The maximum absolute atomic E-state index is 4.09. The van der Waals surface area contributed by atoms with E-state index in [0.717, 1.165) is 5.92 Å². The lowest BCUT2D eigenvalue weighted by atomic mass is 9.92. The second-order valence-electron chi connectivity index (χ2n) is 5.22. The van der Waals surface area contributed by atoms with Gasteiger partial charge in [0.25, 0.3) is 0 Å². The maximum Gasteiger partial charge on any atom is -0.0417 e. The predicted octanol–water partition coefficient (Wildman–Crippen LogP) is 5.62. The molecule has 15 heavy (non-hydrogen) atoms. The molecule has 91 valence electrons. The van der Waals surface area contributed by atoms with E-state index in [4.69, 9.17) is 0 Å². The highest BCUT2D eigenvalue weighted by Crippen LogP contribution is 2.18. The summed E-state index contributed by atoms with van der Waals surface area (Å²) < 4.78 is 0. The molecule has 0 heteroatoms. The topological polar surface area (TPSA) is 0 Å². The first-order valence-electron chi connectivity index (χ1n) is 7.01. The smallest absolute Gasteiger partial charge is 0.0417 e. The third-order valence-corrected chi connectivity index (χ3v) is 3.48. The summed E-state index contributed by atoms with van der Waals surface area (Å²) in [5.41, 5.74) is 0. The van der Waals surface area contributed by atoms with E-state index in [0.29, 0.717) is 5.92 Å². The maximum atomic E-state index is 4.09. The highest BCUT2D eigenvalue weighted by Gasteiger charge is 2.05. The Kier molecular flexibility index (Phi) is 10.5. The van der Waals surface area contributed by atoms with Crippen molar-refractivity contribution < 1.29 is 0 Å². The first-order chi connectivity index (χ1) is 7.18. The van der Waals surface area contributed by atoms with E-state index in [1.54, 1.807) is 0 Å². The lowest BCUT2D eigenvalue weighted by Gasteiger charge is -2.14. The van der Waals surface area contributed by atoms with Gasteiger partial charge in [-0.15, -0.1) is 0 Å². The fourth-order valence-electron chi connectivity index (χ4n) is 1.88. The van der Waals surface area contributed by atoms with Gasteiger partial charge in [0.05, 0.1) is 0 Å². The summed E-state index contributed by atoms with van der Waals surface area (Å²) >= 11 is 0. The Morgan fingerprint density at radius 1 is 0.800 bits per heavy atom. The quantitative estimate of drug-likeness (QED) is 0.411. The molecular formula is C15H31.